The van der Waals surface area contributed by atoms with Crippen molar-refractivity contribution in [3.8, 4) is 17.0 Å². The smallest absolute Gasteiger partial charge is 0.150 e. The molecule has 1 aromatic carbocycles. The summed E-state index contributed by atoms with van der Waals surface area (Å²) in [7, 11) is 1.56. The summed E-state index contributed by atoms with van der Waals surface area (Å²) in [5, 5.41) is 0.341. The quantitative estimate of drug-likeness (QED) is 0.619. The molecule has 0 aliphatic rings. The highest BCUT2D eigenvalue weighted by molar-refractivity contribution is 6.29. The van der Waals surface area contributed by atoms with E-state index in [1.54, 1.807) is 31.4 Å². The van der Waals surface area contributed by atoms with Crippen LogP contribution in [0, 0.1) is 0 Å². The Bertz CT molecular complexity index is 558. The van der Waals surface area contributed by atoms with Crippen LogP contribution in [-0.4, -0.2) is 23.4 Å². The fourth-order valence-corrected chi connectivity index (χ4v) is 1.63. The van der Waals surface area contributed by atoms with Crippen LogP contribution in [0.3, 0.4) is 0 Å². The van der Waals surface area contributed by atoms with Crippen molar-refractivity contribution in [3.63, 3.8) is 0 Å². The van der Waals surface area contributed by atoms with E-state index in [0.29, 0.717) is 27.7 Å². The van der Waals surface area contributed by atoms with E-state index in [4.69, 9.17) is 16.3 Å². The van der Waals surface area contributed by atoms with E-state index in [1.807, 2.05) is 0 Å². The number of carbonyl (C=O) groups excluding carboxylic acids is 1. The van der Waals surface area contributed by atoms with Crippen molar-refractivity contribution in [3.05, 3.63) is 41.3 Å². The molecule has 0 aliphatic carbocycles. The van der Waals surface area contributed by atoms with Gasteiger partial charge in [-0.2, -0.15) is 0 Å². The van der Waals surface area contributed by atoms with Gasteiger partial charge in [-0.15, -0.1) is 0 Å². The summed E-state index contributed by atoms with van der Waals surface area (Å²) in [5.41, 5.74) is 1.88. The van der Waals surface area contributed by atoms with Gasteiger partial charge in [0.25, 0.3) is 0 Å². The molecule has 0 aliphatic heterocycles. The van der Waals surface area contributed by atoms with E-state index in [0.717, 1.165) is 6.29 Å². The topological polar surface area (TPSA) is 52.1 Å². The number of ether oxygens (including phenoxy) is 1. The number of benzene rings is 1. The molecule has 0 atom stereocenters. The maximum absolute atomic E-state index is 10.8. The summed E-state index contributed by atoms with van der Waals surface area (Å²) in [5.74, 6) is 0.630. The number of halogens is 1. The van der Waals surface area contributed by atoms with Gasteiger partial charge in [0.15, 0.2) is 0 Å². The maximum atomic E-state index is 10.8. The average molecular weight is 249 g/mol. The molecule has 1 aromatic heterocycles. The summed E-state index contributed by atoms with van der Waals surface area (Å²) < 4.78 is 5.22. The Labute approximate surface area is 103 Å². The monoisotopic (exact) mass is 248 g/mol. The lowest BCUT2D eigenvalue weighted by Crippen LogP contribution is -1.93. The van der Waals surface area contributed by atoms with Gasteiger partial charge in [0.1, 0.15) is 23.5 Å². The van der Waals surface area contributed by atoms with Crippen LogP contribution in [0.4, 0.5) is 0 Å². The van der Waals surface area contributed by atoms with E-state index < -0.39 is 0 Å². The summed E-state index contributed by atoms with van der Waals surface area (Å²) in [4.78, 5) is 18.7. The molecule has 0 saturated carbocycles. The molecule has 4 nitrogen and oxygen atoms in total. The fraction of sp³-hybridized carbons (Fsp3) is 0.0833. The van der Waals surface area contributed by atoms with Gasteiger partial charge in [-0.1, -0.05) is 11.6 Å². The first-order chi connectivity index (χ1) is 8.24. The first-order valence-corrected chi connectivity index (χ1v) is 5.23. The first kappa shape index (κ1) is 11.5. The van der Waals surface area contributed by atoms with Crippen LogP contribution < -0.4 is 4.74 Å². The highest BCUT2D eigenvalue weighted by Crippen LogP contribution is 2.29. The Hall–Kier alpha value is -1.94. The Morgan fingerprint density at radius 3 is 2.76 bits per heavy atom. The molecule has 2 aromatic rings. The number of hydrogen-bond acceptors (Lipinski definition) is 4. The van der Waals surface area contributed by atoms with Crippen molar-refractivity contribution in [2.24, 2.45) is 0 Å². The highest BCUT2D eigenvalue weighted by Gasteiger charge is 2.09. The molecule has 0 fully saturated rings. The third kappa shape index (κ3) is 2.42. The molecule has 1 heterocycles. The second-order valence-corrected chi connectivity index (χ2v) is 3.69. The van der Waals surface area contributed by atoms with Crippen molar-refractivity contribution in [1.82, 2.24) is 9.97 Å². The molecule has 0 amide bonds. The molecular formula is C12H9ClN2O2. The molecule has 2 rings (SSSR count). The normalized spacial score (nSPS) is 10.0. The Morgan fingerprint density at radius 1 is 1.29 bits per heavy atom. The predicted octanol–water partition coefficient (Wildman–Crippen LogP) is 2.62. The van der Waals surface area contributed by atoms with Gasteiger partial charge in [-0.3, -0.25) is 4.79 Å². The summed E-state index contributed by atoms with van der Waals surface area (Å²) in [6, 6.07) is 6.71. The summed E-state index contributed by atoms with van der Waals surface area (Å²) in [6.45, 7) is 0. The number of aldehydes is 1. The molecular weight excluding hydrogens is 240 g/mol. The van der Waals surface area contributed by atoms with Crippen molar-refractivity contribution >= 4 is 17.9 Å². The molecule has 0 unspecified atom stereocenters. The zero-order valence-corrected chi connectivity index (χ0v) is 9.81. The van der Waals surface area contributed by atoms with E-state index in [-0.39, 0.29) is 0 Å². The number of methoxy groups -OCH3 is 1. The molecule has 5 heteroatoms. The molecule has 0 bridgehead atoms. The van der Waals surface area contributed by atoms with Gasteiger partial charge >= 0.3 is 0 Å². The third-order valence-electron chi connectivity index (χ3n) is 2.27. The minimum absolute atomic E-state index is 0.341. The first-order valence-electron chi connectivity index (χ1n) is 4.85. The van der Waals surface area contributed by atoms with Crippen molar-refractivity contribution < 1.29 is 9.53 Å². The second kappa shape index (κ2) is 4.93. The van der Waals surface area contributed by atoms with E-state index in [1.165, 1.54) is 6.33 Å². The van der Waals surface area contributed by atoms with Gasteiger partial charge in [-0.05, 0) is 18.2 Å². The standard InChI is InChI=1S/C12H9ClN2O2/c1-17-11-3-2-8(6-16)4-9(11)10-5-12(13)15-7-14-10/h2-7H,1H3. The molecule has 0 N–H and O–H groups in total. The number of nitrogens with zero attached hydrogens (tertiary/aromatic N) is 2. The average Bonchev–Trinajstić information content (AvgIpc) is 2.38. The summed E-state index contributed by atoms with van der Waals surface area (Å²) in [6.07, 6.45) is 2.14. The van der Waals surface area contributed by atoms with Crippen LogP contribution in [0.5, 0.6) is 5.75 Å². The van der Waals surface area contributed by atoms with Crippen LogP contribution >= 0.6 is 11.6 Å². The van der Waals surface area contributed by atoms with Crippen molar-refractivity contribution in [1.29, 1.82) is 0 Å². The zero-order valence-electron chi connectivity index (χ0n) is 9.05. The molecule has 86 valence electrons. The zero-order chi connectivity index (χ0) is 12.3. The minimum atomic E-state index is 0.341. The second-order valence-electron chi connectivity index (χ2n) is 3.30. The summed E-state index contributed by atoms with van der Waals surface area (Å²) >= 11 is 5.80. The van der Waals surface area contributed by atoms with Crippen LogP contribution in [0.15, 0.2) is 30.6 Å². The lowest BCUT2D eigenvalue weighted by atomic mass is 10.1. The van der Waals surface area contributed by atoms with E-state index >= 15 is 0 Å². The Kier molecular flexibility index (Phi) is 3.35. The number of carbonyl (C=O) groups is 1. The van der Waals surface area contributed by atoms with Crippen LogP contribution in [0.2, 0.25) is 5.15 Å². The van der Waals surface area contributed by atoms with Gasteiger partial charge in [0.2, 0.25) is 0 Å². The van der Waals surface area contributed by atoms with E-state index in [2.05, 4.69) is 9.97 Å². The predicted molar refractivity (Wildman–Crippen MR) is 64.4 cm³/mol. The fourth-order valence-electron chi connectivity index (χ4n) is 1.48. The third-order valence-corrected chi connectivity index (χ3v) is 2.48. The number of hydrogen-bond donors (Lipinski definition) is 0. The van der Waals surface area contributed by atoms with Gasteiger partial charge in [-0.25, -0.2) is 9.97 Å². The van der Waals surface area contributed by atoms with Crippen LogP contribution in [0.25, 0.3) is 11.3 Å². The largest absolute Gasteiger partial charge is 0.496 e. The van der Waals surface area contributed by atoms with Gasteiger partial charge in [0.05, 0.1) is 12.8 Å². The van der Waals surface area contributed by atoms with Gasteiger partial charge < -0.3 is 4.74 Å². The Morgan fingerprint density at radius 2 is 2.12 bits per heavy atom. The lowest BCUT2D eigenvalue weighted by Gasteiger charge is -2.08. The van der Waals surface area contributed by atoms with Crippen molar-refractivity contribution in [2.45, 2.75) is 0 Å². The number of rotatable bonds is 3. The Balaban J connectivity index is 2.59. The molecule has 0 radical (unpaired) electrons. The van der Waals surface area contributed by atoms with E-state index in [9.17, 15) is 4.79 Å². The van der Waals surface area contributed by atoms with Crippen LogP contribution in [0.1, 0.15) is 10.4 Å². The van der Waals surface area contributed by atoms with Gasteiger partial charge in [0, 0.05) is 17.2 Å². The SMILES string of the molecule is COc1ccc(C=O)cc1-c1cc(Cl)ncn1. The molecule has 0 spiro atoms. The molecule has 17 heavy (non-hydrogen) atoms. The van der Waals surface area contributed by atoms with Crippen molar-refractivity contribution in [2.75, 3.05) is 7.11 Å². The molecule has 0 saturated heterocycles. The van der Waals surface area contributed by atoms with Crippen LogP contribution in [-0.2, 0) is 0 Å². The maximum Gasteiger partial charge on any atom is 0.150 e. The highest BCUT2D eigenvalue weighted by atomic mass is 35.5. The lowest BCUT2D eigenvalue weighted by molar-refractivity contribution is 0.112. The minimum Gasteiger partial charge on any atom is -0.496 e. The number of aromatic nitrogens is 2.